The van der Waals surface area contributed by atoms with E-state index in [0.29, 0.717) is 13.1 Å². The lowest BCUT2D eigenvalue weighted by atomic mass is 10.1. The molecule has 0 spiro atoms. The molecule has 2 amide bonds. The summed E-state index contributed by atoms with van der Waals surface area (Å²) < 4.78 is 0. The summed E-state index contributed by atoms with van der Waals surface area (Å²) >= 11 is 0. The Morgan fingerprint density at radius 1 is 1.00 bits per heavy atom. The number of para-hydroxylation sites is 1. The number of carbonyl (C=O) groups is 2. The molecular formula is C24H33N3O2. The third kappa shape index (κ3) is 6.43. The molecule has 5 nitrogen and oxygen atoms in total. The van der Waals surface area contributed by atoms with Gasteiger partial charge in [0.05, 0.1) is 12.6 Å². The van der Waals surface area contributed by atoms with Crippen LogP contribution in [0, 0.1) is 13.8 Å². The van der Waals surface area contributed by atoms with Crippen LogP contribution in [0.25, 0.3) is 0 Å². The predicted molar refractivity (Wildman–Crippen MR) is 119 cm³/mol. The molecular weight excluding hydrogens is 362 g/mol. The van der Waals surface area contributed by atoms with E-state index in [9.17, 15) is 9.59 Å². The number of benzene rings is 2. The second kappa shape index (κ2) is 10.8. The molecule has 5 heteroatoms. The molecule has 0 radical (unpaired) electrons. The number of aryl methyl sites for hydroxylation is 2. The highest BCUT2D eigenvalue weighted by molar-refractivity contribution is 5.93. The molecule has 0 fully saturated rings. The molecule has 1 atom stereocenters. The Hall–Kier alpha value is -2.66. The van der Waals surface area contributed by atoms with Crippen LogP contribution in [0.15, 0.2) is 48.5 Å². The molecule has 1 N–H and O–H groups in total. The van der Waals surface area contributed by atoms with Crippen molar-refractivity contribution in [2.45, 2.75) is 46.7 Å². The minimum absolute atomic E-state index is 0.0189. The van der Waals surface area contributed by atoms with Crippen molar-refractivity contribution in [1.29, 1.82) is 0 Å². The maximum absolute atomic E-state index is 13.0. The zero-order chi connectivity index (χ0) is 21.4. The summed E-state index contributed by atoms with van der Waals surface area (Å²) in [5.74, 6) is -0.0839. The van der Waals surface area contributed by atoms with E-state index in [1.807, 2.05) is 68.3 Å². The molecule has 0 aliphatic rings. The van der Waals surface area contributed by atoms with Crippen LogP contribution < -0.4 is 5.32 Å². The van der Waals surface area contributed by atoms with E-state index in [0.717, 1.165) is 23.2 Å². The molecule has 0 aliphatic carbocycles. The number of nitrogens with zero attached hydrogens (tertiary/aromatic N) is 2. The predicted octanol–water partition coefficient (Wildman–Crippen LogP) is 4.00. The Morgan fingerprint density at radius 3 is 2.24 bits per heavy atom. The standard InChI is InChI=1S/C24H33N3O2/c1-6-15-27(17-23(28)25-22-14-10-8-12-19(22)3)20(4)24(29)26(5)16-21-13-9-7-11-18(21)2/h7-14,20H,6,15-17H2,1-5H3,(H,25,28). The molecule has 0 aromatic heterocycles. The van der Waals surface area contributed by atoms with Crippen molar-refractivity contribution in [3.63, 3.8) is 0 Å². The van der Waals surface area contributed by atoms with Crippen molar-refractivity contribution in [3.05, 3.63) is 65.2 Å². The minimum atomic E-state index is -0.369. The maximum Gasteiger partial charge on any atom is 0.239 e. The van der Waals surface area contributed by atoms with Crippen molar-refractivity contribution in [2.24, 2.45) is 0 Å². The van der Waals surface area contributed by atoms with E-state index in [1.54, 1.807) is 4.90 Å². The van der Waals surface area contributed by atoms with Gasteiger partial charge in [-0.2, -0.15) is 0 Å². The summed E-state index contributed by atoms with van der Waals surface area (Å²) in [7, 11) is 1.82. The molecule has 0 saturated heterocycles. The molecule has 1 unspecified atom stereocenters. The zero-order valence-electron chi connectivity index (χ0n) is 18.2. The Labute approximate surface area is 174 Å². The molecule has 0 heterocycles. The number of rotatable bonds is 9. The summed E-state index contributed by atoms with van der Waals surface area (Å²) in [6, 6.07) is 15.4. The van der Waals surface area contributed by atoms with E-state index in [4.69, 9.17) is 0 Å². The van der Waals surface area contributed by atoms with Gasteiger partial charge in [0.25, 0.3) is 0 Å². The van der Waals surface area contributed by atoms with Crippen LogP contribution in [-0.2, 0) is 16.1 Å². The average molecular weight is 396 g/mol. The molecule has 2 aromatic rings. The van der Waals surface area contributed by atoms with Gasteiger partial charge >= 0.3 is 0 Å². The van der Waals surface area contributed by atoms with Gasteiger partial charge in [0.2, 0.25) is 11.8 Å². The van der Waals surface area contributed by atoms with E-state index in [1.165, 1.54) is 5.56 Å². The van der Waals surface area contributed by atoms with Gasteiger partial charge in [0, 0.05) is 19.3 Å². The van der Waals surface area contributed by atoms with E-state index in [2.05, 4.69) is 25.2 Å². The van der Waals surface area contributed by atoms with Crippen molar-refractivity contribution in [1.82, 2.24) is 9.80 Å². The number of likely N-dealkylation sites (N-methyl/N-ethyl adjacent to an activating group) is 1. The lowest BCUT2D eigenvalue weighted by Crippen LogP contribution is -2.48. The Bertz CT molecular complexity index is 834. The van der Waals surface area contributed by atoms with Crippen molar-refractivity contribution in [3.8, 4) is 0 Å². The number of amides is 2. The fraction of sp³-hybridized carbons (Fsp3) is 0.417. The summed E-state index contributed by atoms with van der Waals surface area (Å²) in [5, 5.41) is 2.96. The summed E-state index contributed by atoms with van der Waals surface area (Å²) in [6.45, 7) is 9.39. The van der Waals surface area contributed by atoms with Gasteiger partial charge in [-0.1, -0.05) is 49.4 Å². The van der Waals surface area contributed by atoms with Crippen LogP contribution >= 0.6 is 0 Å². The molecule has 2 rings (SSSR count). The summed E-state index contributed by atoms with van der Waals surface area (Å²) in [5.41, 5.74) is 4.13. The second-order valence-corrected chi connectivity index (χ2v) is 7.63. The second-order valence-electron chi connectivity index (χ2n) is 7.63. The first-order valence-corrected chi connectivity index (χ1v) is 10.2. The highest BCUT2D eigenvalue weighted by atomic mass is 16.2. The zero-order valence-corrected chi connectivity index (χ0v) is 18.2. The van der Waals surface area contributed by atoms with E-state index in [-0.39, 0.29) is 24.4 Å². The Kier molecular flexibility index (Phi) is 8.40. The van der Waals surface area contributed by atoms with Gasteiger partial charge in [0.1, 0.15) is 0 Å². The largest absolute Gasteiger partial charge is 0.340 e. The first kappa shape index (κ1) is 22.6. The molecule has 0 aliphatic heterocycles. The molecule has 29 heavy (non-hydrogen) atoms. The SMILES string of the molecule is CCCN(CC(=O)Nc1ccccc1C)C(C)C(=O)N(C)Cc1ccccc1C. The Balaban J connectivity index is 2.02. The van der Waals surface area contributed by atoms with Crippen LogP contribution in [-0.4, -0.2) is 47.8 Å². The van der Waals surface area contributed by atoms with Gasteiger partial charge in [-0.15, -0.1) is 0 Å². The van der Waals surface area contributed by atoms with E-state index < -0.39 is 0 Å². The fourth-order valence-corrected chi connectivity index (χ4v) is 3.38. The number of hydrogen-bond donors (Lipinski definition) is 1. The lowest BCUT2D eigenvalue weighted by Gasteiger charge is -2.31. The maximum atomic E-state index is 13.0. The summed E-state index contributed by atoms with van der Waals surface area (Å²) in [6.07, 6.45) is 0.872. The first-order chi connectivity index (χ1) is 13.8. The molecule has 0 bridgehead atoms. The van der Waals surface area contributed by atoms with Crippen LogP contribution in [0.5, 0.6) is 0 Å². The Morgan fingerprint density at radius 2 is 1.62 bits per heavy atom. The smallest absolute Gasteiger partial charge is 0.239 e. The van der Waals surface area contributed by atoms with Gasteiger partial charge in [0.15, 0.2) is 0 Å². The van der Waals surface area contributed by atoms with Crippen molar-refractivity contribution < 1.29 is 9.59 Å². The van der Waals surface area contributed by atoms with Crippen LogP contribution in [0.2, 0.25) is 0 Å². The molecule has 2 aromatic carbocycles. The summed E-state index contributed by atoms with van der Waals surface area (Å²) in [4.78, 5) is 29.3. The van der Waals surface area contributed by atoms with E-state index >= 15 is 0 Å². The third-order valence-corrected chi connectivity index (χ3v) is 5.23. The number of nitrogens with one attached hydrogen (secondary N) is 1. The van der Waals surface area contributed by atoms with Crippen LogP contribution in [0.4, 0.5) is 5.69 Å². The minimum Gasteiger partial charge on any atom is -0.340 e. The van der Waals surface area contributed by atoms with Gasteiger partial charge in [-0.25, -0.2) is 0 Å². The van der Waals surface area contributed by atoms with Gasteiger partial charge in [-0.05, 0) is 56.5 Å². The normalized spacial score (nSPS) is 11.9. The highest BCUT2D eigenvalue weighted by Crippen LogP contribution is 2.15. The van der Waals surface area contributed by atoms with Gasteiger partial charge in [-0.3, -0.25) is 14.5 Å². The van der Waals surface area contributed by atoms with Crippen molar-refractivity contribution >= 4 is 17.5 Å². The average Bonchev–Trinajstić information content (AvgIpc) is 2.70. The number of carbonyl (C=O) groups excluding carboxylic acids is 2. The highest BCUT2D eigenvalue weighted by Gasteiger charge is 2.25. The first-order valence-electron chi connectivity index (χ1n) is 10.2. The quantitative estimate of drug-likeness (QED) is 0.698. The van der Waals surface area contributed by atoms with Crippen LogP contribution in [0.3, 0.4) is 0 Å². The van der Waals surface area contributed by atoms with Gasteiger partial charge < -0.3 is 10.2 Å². The topological polar surface area (TPSA) is 52.7 Å². The third-order valence-electron chi connectivity index (χ3n) is 5.23. The fourth-order valence-electron chi connectivity index (χ4n) is 3.38. The monoisotopic (exact) mass is 395 g/mol. The van der Waals surface area contributed by atoms with Crippen LogP contribution in [0.1, 0.15) is 37.0 Å². The molecule has 0 saturated carbocycles. The van der Waals surface area contributed by atoms with Crippen molar-refractivity contribution in [2.75, 3.05) is 25.5 Å². The molecule has 156 valence electrons. The number of hydrogen-bond acceptors (Lipinski definition) is 3. The lowest BCUT2D eigenvalue weighted by molar-refractivity contribution is -0.136. The number of anilines is 1.